The highest BCUT2D eigenvalue weighted by molar-refractivity contribution is 9.09. The lowest BCUT2D eigenvalue weighted by Crippen LogP contribution is -2.39. The molecule has 0 radical (unpaired) electrons. The molecule has 0 spiro atoms. The summed E-state index contributed by atoms with van der Waals surface area (Å²) < 4.78 is 0. The van der Waals surface area contributed by atoms with Crippen molar-refractivity contribution in [2.75, 3.05) is 18.9 Å². The number of aliphatic hydroxyl groups excluding tert-OH is 1. The molecule has 1 rings (SSSR count). The predicted molar refractivity (Wildman–Crippen MR) is 64.0 cm³/mol. The smallest absolute Gasteiger partial charge is 0.222 e. The number of hydrogen-bond acceptors (Lipinski definition) is 2. The summed E-state index contributed by atoms with van der Waals surface area (Å²) in [5.41, 5.74) is 0. The minimum atomic E-state index is -0.119. The van der Waals surface area contributed by atoms with E-state index >= 15 is 0 Å². The summed E-state index contributed by atoms with van der Waals surface area (Å²) in [5, 5.41) is 10.1. The molecule has 0 atom stereocenters. The Balaban J connectivity index is 2.10. The van der Waals surface area contributed by atoms with Gasteiger partial charge in [0.2, 0.25) is 5.91 Å². The fourth-order valence-electron chi connectivity index (χ4n) is 1.90. The normalized spacial score (nSPS) is 24.7. The second kappa shape index (κ2) is 6.48. The highest BCUT2D eigenvalue weighted by Gasteiger charge is 2.28. The standard InChI is InChI=1S/C11H20BrNO2/c1-13(8-9-6-10(14)7-9)11(15)4-2-3-5-12/h9-10,14H,2-8H2,1H3. The summed E-state index contributed by atoms with van der Waals surface area (Å²) in [5.74, 6) is 0.752. The van der Waals surface area contributed by atoms with Crippen LogP contribution in [0, 0.1) is 5.92 Å². The van der Waals surface area contributed by atoms with Crippen molar-refractivity contribution in [3.63, 3.8) is 0 Å². The lowest BCUT2D eigenvalue weighted by molar-refractivity contribution is -0.131. The lowest BCUT2D eigenvalue weighted by atomic mass is 9.82. The maximum absolute atomic E-state index is 11.6. The first kappa shape index (κ1) is 13.0. The van der Waals surface area contributed by atoms with Crippen LogP contribution in [0.5, 0.6) is 0 Å². The third-order valence-electron chi connectivity index (χ3n) is 2.94. The van der Waals surface area contributed by atoms with Crippen molar-refractivity contribution in [3.05, 3.63) is 0 Å². The molecule has 1 N–H and O–H groups in total. The minimum absolute atomic E-state index is 0.119. The van der Waals surface area contributed by atoms with Gasteiger partial charge in [-0.1, -0.05) is 15.9 Å². The van der Waals surface area contributed by atoms with Crippen LogP contribution in [-0.4, -0.2) is 40.9 Å². The van der Waals surface area contributed by atoms with E-state index < -0.39 is 0 Å². The van der Waals surface area contributed by atoms with Gasteiger partial charge < -0.3 is 10.0 Å². The van der Waals surface area contributed by atoms with Gasteiger partial charge >= 0.3 is 0 Å². The van der Waals surface area contributed by atoms with Gasteiger partial charge in [0.05, 0.1) is 6.10 Å². The molecule has 15 heavy (non-hydrogen) atoms. The number of alkyl halides is 1. The Morgan fingerprint density at radius 1 is 1.47 bits per heavy atom. The molecule has 1 fully saturated rings. The zero-order chi connectivity index (χ0) is 11.3. The highest BCUT2D eigenvalue weighted by atomic mass is 79.9. The Bertz CT molecular complexity index is 205. The SMILES string of the molecule is CN(CC1CC(O)C1)C(=O)CCCCBr. The number of nitrogens with zero attached hydrogens (tertiary/aromatic N) is 1. The average molecular weight is 278 g/mol. The minimum Gasteiger partial charge on any atom is -0.393 e. The maximum atomic E-state index is 11.6. The number of amides is 1. The number of carbonyl (C=O) groups excluding carboxylic acids is 1. The number of unbranched alkanes of at least 4 members (excludes halogenated alkanes) is 1. The quantitative estimate of drug-likeness (QED) is 0.594. The zero-order valence-electron chi connectivity index (χ0n) is 9.29. The summed E-state index contributed by atoms with van der Waals surface area (Å²) in [4.78, 5) is 13.4. The van der Waals surface area contributed by atoms with Crippen LogP contribution in [0.25, 0.3) is 0 Å². The van der Waals surface area contributed by atoms with E-state index in [4.69, 9.17) is 5.11 Å². The van der Waals surface area contributed by atoms with Crippen molar-refractivity contribution in [1.82, 2.24) is 4.90 Å². The maximum Gasteiger partial charge on any atom is 0.222 e. The zero-order valence-corrected chi connectivity index (χ0v) is 10.9. The summed E-state index contributed by atoms with van der Waals surface area (Å²) in [6.07, 6.45) is 4.27. The van der Waals surface area contributed by atoms with Gasteiger partial charge in [-0.15, -0.1) is 0 Å². The topological polar surface area (TPSA) is 40.5 Å². The first-order chi connectivity index (χ1) is 7.13. The van der Waals surface area contributed by atoms with Crippen LogP contribution >= 0.6 is 15.9 Å². The van der Waals surface area contributed by atoms with E-state index in [2.05, 4.69) is 15.9 Å². The Morgan fingerprint density at radius 3 is 2.67 bits per heavy atom. The molecule has 0 unspecified atom stereocenters. The molecule has 0 aromatic carbocycles. The monoisotopic (exact) mass is 277 g/mol. The molecule has 3 nitrogen and oxygen atoms in total. The van der Waals surface area contributed by atoms with Gasteiger partial charge in [-0.05, 0) is 31.6 Å². The first-order valence-electron chi connectivity index (χ1n) is 5.61. The number of rotatable bonds is 6. The number of carbonyl (C=O) groups is 1. The molecule has 1 aliphatic rings. The molecule has 4 heteroatoms. The Morgan fingerprint density at radius 2 is 2.13 bits per heavy atom. The molecule has 0 aromatic rings. The largest absolute Gasteiger partial charge is 0.393 e. The second-order valence-corrected chi connectivity index (χ2v) is 5.20. The van der Waals surface area contributed by atoms with E-state index in [9.17, 15) is 4.79 Å². The van der Waals surface area contributed by atoms with Crippen molar-refractivity contribution in [3.8, 4) is 0 Å². The van der Waals surface area contributed by atoms with E-state index in [1.807, 2.05) is 11.9 Å². The molecule has 88 valence electrons. The molecule has 0 aliphatic heterocycles. The van der Waals surface area contributed by atoms with Gasteiger partial charge in [-0.25, -0.2) is 0 Å². The third-order valence-corrected chi connectivity index (χ3v) is 3.50. The van der Waals surface area contributed by atoms with E-state index in [1.165, 1.54) is 0 Å². The number of hydrogen-bond donors (Lipinski definition) is 1. The molecule has 1 saturated carbocycles. The van der Waals surface area contributed by atoms with E-state index in [0.29, 0.717) is 12.3 Å². The van der Waals surface area contributed by atoms with Crippen molar-refractivity contribution < 1.29 is 9.90 Å². The van der Waals surface area contributed by atoms with Crippen LogP contribution in [0.4, 0.5) is 0 Å². The van der Waals surface area contributed by atoms with E-state index in [0.717, 1.165) is 37.6 Å². The Labute approximate surface area is 100.0 Å². The first-order valence-corrected chi connectivity index (χ1v) is 6.73. The molecule has 1 aliphatic carbocycles. The number of halogens is 1. The second-order valence-electron chi connectivity index (χ2n) is 4.41. The summed E-state index contributed by atoms with van der Waals surface area (Å²) in [7, 11) is 1.86. The lowest BCUT2D eigenvalue weighted by Gasteiger charge is -2.34. The van der Waals surface area contributed by atoms with Crippen LogP contribution in [0.2, 0.25) is 0 Å². The van der Waals surface area contributed by atoms with Crippen LogP contribution in [-0.2, 0) is 4.79 Å². The summed E-state index contributed by atoms with van der Waals surface area (Å²) in [6, 6.07) is 0. The van der Waals surface area contributed by atoms with Gasteiger partial charge in [-0.3, -0.25) is 4.79 Å². The van der Waals surface area contributed by atoms with E-state index in [-0.39, 0.29) is 12.0 Å². The van der Waals surface area contributed by atoms with Gasteiger partial charge in [0, 0.05) is 25.3 Å². The molecular formula is C11H20BrNO2. The molecule has 0 aromatic heterocycles. The average Bonchev–Trinajstić information content (AvgIpc) is 2.15. The molecule has 0 bridgehead atoms. The van der Waals surface area contributed by atoms with Gasteiger partial charge in [-0.2, -0.15) is 0 Å². The number of aliphatic hydroxyl groups is 1. The van der Waals surface area contributed by atoms with Crippen molar-refractivity contribution >= 4 is 21.8 Å². The Kier molecular flexibility index (Phi) is 5.61. The third kappa shape index (κ3) is 4.51. The summed E-state index contributed by atoms with van der Waals surface area (Å²) in [6.45, 7) is 0.810. The van der Waals surface area contributed by atoms with Crippen LogP contribution in [0.1, 0.15) is 32.1 Å². The van der Waals surface area contributed by atoms with Gasteiger partial charge in [0.1, 0.15) is 0 Å². The van der Waals surface area contributed by atoms with Crippen LogP contribution in [0.3, 0.4) is 0 Å². The highest BCUT2D eigenvalue weighted by Crippen LogP contribution is 2.27. The van der Waals surface area contributed by atoms with Gasteiger partial charge in [0.25, 0.3) is 0 Å². The van der Waals surface area contributed by atoms with E-state index in [1.54, 1.807) is 0 Å². The molecule has 0 saturated heterocycles. The van der Waals surface area contributed by atoms with Crippen molar-refractivity contribution in [2.45, 2.75) is 38.2 Å². The molecule has 0 heterocycles. The Hall–Kier alpha value is -0.0900. The fraction of sp³-hybridized carbons (Fsp3) is 0.909. The molecule has 1 amide bonds. The summed E-state index contributed by atoms with van der Waals surface area (Å²) >= 11 is 3.35. The van der Waals surface area contributed by atoms with Crippen molar-refractivity contribution in [1.29, 1.82) is 0 Å². The van der Waals surface area contributed by atoms with Gasteiger partial charge in [0.15, 0.2) is 0 Å². The predicted octanol–water partition coefficient (Wildman–Crippen LogP) is 1.78. The van der Waals surface area contributed by atoms with Crippen molar-refractivity contribution in [2.24, 2.45) is 5.92 Å². The van der Waals surface area contributed by atoms with Crippen LogP contribution in [0.15, 0.2) is 0 Å². The fourth-order valence-corrected chi connectivity index (χ4v) is 2.30. The molecular weight excluding hydrogens is 258 g/mol. The van der Waals surface area contributed by atoms with Crippen LogP contribution < -0.4 is 0 Å².